The fourth-order valence-electron chi connectivity index (χ4n) is 2.71. The van der Waals surface area contributed by atoms with E-state index in [1.807, 2.05) is 28.5 Å². The molecule has 0 fully saturated rings. The summed E-state index contributed by atoms with van der Waals surface area (Å²) in [5, 5.41) is 9.41. The minimum Gasteiger partial charge on any atom is -0.397 e. The van der Waals surface area contributed by atoms with Crippen LogP contribution >= 0.6 is 23.1 Å². The molecule has 11 heteroatoms. The number of thioether (sulfide) groups is 1. The molecule has 3 aromatic rings. The normalized spacial score (nSPS) is 15.8. The maximum atomic E-state index is 11.7. The number of hydrogen-bond acceptors (Lipinski definition) is 10. The highest BCUT2D eigenvalue weighted by Gasteiger charge is 2.30. The van der Waals surface area contributed by atoms with Crippen molar-refractivity contribution in [3.8, 4) is 0 Å². The number of amides is 1. The molecule has 0 saturated heterocycles. The number of thiazole rings is 1. The summed E-state index contributed by atoms with van der Waals surface area (Å²) in [5.74, 6) is 0.764. The molecule has 1 aliphatic rings. The van der Waals surface area contributed by atoms with E-state index < -0.39 is 5.91 Å². The number of nitrogens with zero attached hydrogens (tertiary/aromatic N) is 4. The Morgan fingerprint density at radius 1 is 1.21 bits per heavy atom. The first-order valence-electron chi connectivity index (χ1n) is 8.62. The van der Waals surface area contributed by atoms with Gasteiger partial charge in [-0.25, -0.2) is 15.0 Å². The highest BCUT2D eigenvalue weighted by molar-refractivity contribution is 8.05. The summed E-state index contributed by atoms with van der Waals surface area (Å²) in [6.45, 7) is 0.576. The van der Waals surface area contributed by atoms with Gasteiger partial charge in [0.2, 0.25) is 0 Å². The lowest BCUT2D eigenvalue weighted by molar-refractivity contribution is -0.113. The highest BCUT2D eigenvalue weighted by Crippen LogP contribution is 2.38. The Morgan fingerprint density at radius 3 is 2.79 bits per heavy atom. The molecule has 148 valence electrons. The van der Waals surface area contributed by atoms with E-state index in [4.69, 9.17) is 11.5 Å². The van der Waals surface area contributed by atoms with E-state index in [2.05, 4.69) is 25.6 Å². The van der Waals surface area contributed by atoms with Gasteiger partial charge in [0.25, 0.3) is 5.91 Å². The number of aromatic nitrogens is 3. The van der Waals surface area contributed by atoms with Gasteiger partial charge in [0.05, 0.1) is 22.8 Å². The van der Waals surface area contributed by atoms with Crippen LogP contribution in [0.2, 0.25) is 0 Å². The first-order chi connectivity index (χ1) is 14.1. The molecule has 0 bridgehead atoms. The van der Waals surface area contributed by atoms with Crippen LogP contribution in [0.1, 0.15) is 5.01 Å². The molecule has 3 heterocycles. The molecule has 1 atom stereocenters. The molecule has 1 aliphatic heterocycles. The fourth-order valence-corrected chi connectivity index (χ4v) is 4.26. The van der Waals surface area contributed by atoms with Crippen molar-refractivity contribution >= 4 is 52.0 Å². The Labute approximate surface area is 175 Å². The van der Waals surface area contributed by atoms with Crippen LogP contribution in [0.4, 0.5) is 23.0 Å². The van der Waals surface area contributed by atoms with Gasteiger partial charge in [-0.3, -0.25) is 4.79 Å². The predicted molar refractivity (Wildman–Crippen MR) is 117 cm³/mol. The van der Waals surface area contributed by atoms with Gasteiger partial charge in [0.1, 0.15) is 23.0 Å². The molecule has 0 saturated carbocycles. The number of carbonyl (C=O) groups is 1. The van der Waals surface area contributed by atoms with Crippen LogP contribution in [-0.4, -0.2) is 26.4 Å². The number of anilines is 4. The zero-order valence-corrected chi connectivity index (χ0v) is 16.8. The summed E-state index contributed by atoms with van der Waals surface area (Å²) < 4.78 is 0. The molecule has 1 unspecified atom stereocenters. The second-order valence-electron chi connectivity index (χ2n) is 6.01. The molecule has 4 rings (SSSR count). The average molecular weight is 427 g/mol. The number of nitrogens with one attached hydrogen (secondary N) is 2. The van der Waals surface area contributed by atoms with Crippen molar-refractivity contribution < 1.29 is 4.79 Å². The van der Waals surface area contributed by atoms with Crippen molar-refractivity contribution in [2.45, 2.75) is 12.0 Å². The summed E-state index contributed by atoms with van der Waals surface area (Å²) in [6, 6.07) is 9.22. The largest absolute Gasteiger partial charge is 0.397 e. The lowest BCUT2D eigenvalue weighted by Crippen LogP contribution is -2.32. The number of para-hydroxylation sites is 2. The van der Waals surface area contributed by atoms with E-state index >= 15 is 0 Å². The van der Waals surface area contributed by atoms with Gasteiger partial charge < -0.3 is 27.0 Å². The highest BCUT2D eigenvalue weighted by atomic mass is 32.2. The first kappa shape index (κ1) is 19.0. The van der Waals surface area contributed by atoms with Crippen LogP contribution in [0.25, 0.3) is 0 Å². The van der Waals surface area contributed by atoms with Gasteiger partial charge in [-0.05, 0) is 12.1 Å². The van der Waals surface area contributed by atoms with Gasteiger partial charge in [0, 0.05) is 23.8 Å². The Kier molecular flexibility index (Phi) is 5.49. The molecule has 6 N–H and O–H groups in total. The molecule has 2 aromatic heterocycles. The maximum Gasteiger partial charge on any atom is 0.256 e. The Balaban J connectivity index is 1.52. The number of benzene rings is 1. The molecule has 9 nitrogen and oxygen atoms in total. The van der Waals surface area contributed by atoms with Crippen LogP contribution in [0.3, 0.4) is 0 Å². The van der Waals surface area contributed by atoms with Crippen LogP contribution in [-0.2, 0) is 11.3 Å². The molecule has 1 aromatic carbocycles. The number of rotatable bonds is 7. The fraction of sp³-hybridized carbons (Fsp3) is 0.111. The maximum absolute atomic E-state index is 11.7. The van der Waals surface area contributed by atoms with E-state index in [1.165, 1.54) is 18.1 Å². The van der Waals surface area contributed by atoms with Crippen LogP contribution in [0, 0.1) is 0 Å². The molecular formula is C18H18N8OS2. The second kappa shape index (κ2) is 8.37. The van der Waals surface area contributed by atoms with Gasteiger partial charge in [-0.1, -0.05) is 23.9 Å². The number of carbonyl (C=O) groups excluding carboxylic acids is 1. The first-order valence-corrected chi connectivity index (χ1v) is 10.4. The van der Waals surface area contributed by atoms with Crippen molar-refractivity contribution in [2.75, 3.05) is 21.3 Å². The van der Waals surface area contributed by atoms with Crippen LogP contribution < -0.4 is 27.0 Å². The van der Waals surface area contributed by atoms with Crippen molar-refractivity contribution in [1.29, 1.82) is 0 Å². The molecule has 1 amide bonds. The Morgan fingerprint density at radius 2 is 2.03 bits per heavy atom. The number of nitrogens with two attached hydrogens (primary N) is 2. The Bertz CT molecular complexity index is 1040. The SMILES string of the molecule is NC(=O)C1=CN(c2ccccc2N)C(Nc2cc(NCc3nccs3)ncn2)S1. The molecule has 29 heavy (non-hydrogen) atoms. The standard InChI is InChI=1S/C18H18N8OS2/c19-11-3-1-2-4-12(11)26-9-13(17(20)27)29-18(26)25-15-7-14(23-10-24-15)22-8-16-21-5-6-28-16/h1-7,9-10,18H,8,19H2,(H2,20,27)(H2,22,23,24,25). The summed E-state index contributed by atoms with van der Waals surface area (Å²) in [6.07, 6.45) is 4.92. The van der Waals surface area contributed by atoms with Gasteiger partial charge in [0.15, 0.2) is 5.50 Å². The summed E-state index contributed by atoms with van der Waals surface area (Å²) in [4.78, 5) is 26.8. The van der Waals surface area contributed by atoms with Crippen molar-refractivity contribution in [3.05, 3.63) is 64.3 Å². The van der Waals surface area contributed by atoms with E-state index in [1.54, 1.807) is 35.9 Å². The third kappa shape index (κ3) is 4.41. The van der Waals surface area contributed by atoms with E-state index in [9.17, 15) is 4.79 Å². The third-order valence-electron chi connectivity index (χ3n) is 4.05. The predicted octanol–water partition coefficient (Wildman–Crippen LogP) is 2.40. The topological polar surface area (TPSA) is 135 Å². The summed E-state index contributed by atoms with van der Waals surface area (Å²) in [5.41, 5.74) is 12.6. The van der Waals surface area contributed by atoms with E-state index in [-0.39, 0.29) is 5.50 Å². The second-order valence-corrected chi connectivity index (χ2v) is 8.11. The number of primary amides is 1. The van der Waals surface area contributed by atoms with E-state index in [0.29, 0.717) is 28.8 Å². The van der Waals surface area contributed by atoms with Gasteiger partial charge in [-0.2, -0.15) is 0 Å². The molecular weight excluding hydrogens is 408 g/mol. The minimum atomic E-state index is -0.493. The monoisotopic (exact) mass is 426 g/mol. The molecule has 0 aliphatic carbocycles. The smallest absolute Gasteiger partial charge is 0.256 e. The third-order valence-corrected chi connectivity index (χ3v) is 5.96. The molecule has 0 radical (unpaired) electrons. The summed E-state index contributed by atoms with van der Waals surface area (Å²) in [7, 11) is 0. The van der Waals surface area contributed by atoms with Crippen LogP contribution in [0.15, 0.2) is 59.3 Å². The average Bonchev–Trinajstić information content (AvgIpc) is 3.37. The number of nitrogen functional groups attached to an aromatic ring is 1. The van der Waals surface area contributed by atoms with Crippen LogP contribution in [0.5, 0.6) is 0 Å². The lowest BCUT2D eigenvalue weighted by atomic mass is 10.2. The van der Waals surface area contributed by atoms with Gasteiger partial charge >= 0.3 is 0 Å². The lowest BCUT2D eigenvalue weighted by Gasteiger charge is -2.27. The minimum absolute atomic E-state index is 0.344. The van der Waals surface area contributed by atoms with Gasteiger partial charge in [-0.15, -0.1) is 11.3 Å². The van der Waals surface area contributed by atoms with Crippen molar-refractivity contribution in [2.24, 2.45) is 5.73 Å². The Hall–Kier alpha value is -3.31. The zero-order chi connectivity index (χ0) is 20.2. The van der Waals surface area contributed by atoms with Crippen molar-refractivity contribution in [3.63, 3.8) is 0 Å². The number of hydrogen-bond donors (Lipinski definition) is 4. The quantitative estimate of drug-likeness (QED) is 0.420. The summed E-state index contributed by atoms with van der Waals surface area (Å²) >= 11 is 2.87. The van der Waals surface area contributed by atoms with Crippen molar-refractivity contribution in [1.82, 2.24) is 15.0 Å². The zero-order valence-electron chi connectivity index (χ0n) is 15.1. The molecule has 0 spiro atoms. The van der Waals surface area contributed by atoms with E-state index in [0.717, 1.165) is 10.7 Å².